The van der Waals surface area contributed by atoms with Crippen LogP contribution < -0.4 is 0 Å². The van der Waals surface area contributed by atoms with Gasteiger partial charge in [-0.1, -0.05) is 19.8 Å². The molecule has 0 saturated heterocycles. The molecule has 2 saturated carbocycles. The van der Waals surface area contributed by atoms with Crippen LogP contribution in [0.4, 0.5) is 0 Å². The smallest absolute Gasteiger partial charge is 0.272 e. The number of hydrogen-bond donors (Lipinski definition) is 0. The number of nitrogens with zero attached hydrogens (tertiary/aromatic N) is 3. The molecular weight excluding hydrogens is 262 g/mol. The van der Waals surface area contributed by atoms with Gasteiger partial charge in [-0.05, 0) is 44.4 Å². The van der Waals surface area contributed by atoms with E-state index in [-0.39, 0.29) is 5.91 Å². The predicted octanol–water partition coefficient (Wildman–Crippen LogP) is 2.97. The lowest BCUT2D eigenvalue weighted by molar-refractivity contribution is 0.0715. The Labute approximate surface area is 126 Å². The molecule has 114 valence electrons. The molecule has 2 fully saturated rings. The van der Waals surface area contributed by atoms with Gasteiger partial charge in [0.25, 0.3) is 5.91 Å². The SMILES string of the molecule is CCc1nn(C2CCCC2)c2c1CCN(CC1CC1)C2=O. The Bertz CT molecular complexity index is 553. The van der Waals surface area contributed by atoms with E-state index in [1.54, 1.807) is 0 Å². The molecule has 21 heavy (non-hydrogen) atoms. The first kappa shape index (κ1) is 13.4. The standard InChI is InChI=1S/C17H25N3O/c1-2-15-14-9-10-19(11-12-7-8-12)17(21)16(14)20(18-15)13-5-3-4-6-13/h12-13H,2-11H2,1H3. The summed E-state index contributed by atoms with van der Waals surface area (Å²) in [4.78, 5) is 15.0. The molecule has 1 aromatic heterocycles. The highest BCUT2D eigenvalue weighted by atomic mass is 16.2. The second-order valence-corrected chi connectivity index (χ2v) is 6.95. The van der Waals surface area contributed by atoms with Crippen LogP contribution in [0.15, 0.2) is 0 Å². The van der Waals surface area contributed by atoms with Gasteiger partial charge < -0.3 is 4.90 Å². The minimum atomic E-state index is 0.252. The Kier molecular flexibility index (Phi) is 3.27. The summed E-state index contributed by atoms with van der Waals surface area (Å²) in [5.74, 6) is 1.02. The zero-order valence-electron chi connectivity index (χ0n) is 13.0. The summed E-state index contributed by atoms with van der Waals surface area (Å²) >= 11 is 0. The second kappa shape index (κ2) is 5.15. The monoisotopic (exact) mass is 287 g/mol. The van der Waals surface area contributed by atoms with Crippen molar-refractivity contribution in [2.75, 3.05) is 13.1 Å². The molecule has 3 aliphatic rings. The van der Waals surface area contributed by atoms with Crippen molar-refractivity contribution in [2.24, 2.45) is 5.92 Å². The molecule has 0 aromatic carbocycles. The number of hydrogen-bond acceptors (Lipinski definition) is 2. The molecule has 2 aliphatic carbocycles. The van der Waals surface area contributed by atoms with Crippen LogP contribution in [0.3, 0.4) is 0 Å². The van der Waals surface area contributed by atoms with Gasteiger partial charge in [0.2, 0.25) is 0 Å². The maximum atomic E-state index is 13.0. The Morgan fingerprint density at radius 3 is 2.62 bits per heavy atom. The summed E-state index contributed by atoms with van der Waals surface area (Å²) in [6.07, 6.45) is 9.49. The van der Waals surface area contributed by atoms with Gasteiger partial charge in [-0.3, -0.25) is 9.48 Å². The molecule has 4 nitrogen and oxygen atoms in total. The third kappa shape index (κ3) is 2.29. The lowest BCUT2D eigenvalue weighted by Gasteiger charge is -2.28. The number of aromatic nitrogens is 2. The van der Waals surface area contributed by atoms with Gasteiger partial charge in [0.05, 0.1) is 11.7 Å². The largest absolute Gasteiger partial charge is 0.337 e. The number of aryl methyl sites for hydroxylation is 1. The minimum Gasteiger partial charge on any atom is -0.337 e. The van der Waals surface area contributed by atoms with E-state index in [0.717, 1.165) is 43.2 Å². The van der Waals surface area contributed by atoms with Crippen LogP contribution in [0.1, 0.15) is 73.2 Å². The van der Waals surface area contributed by atoms with Crippen LogP contribution >= 0.6 is 0 Å². The van der Waals surface area contributed by atoms with Crippen LogP contribution in [-0.2, 0) is 12.8 Å². The molecule has 0 radical (unpaired) electrons. The van der Waals surface area contributed by atoms with E-state index in [9.17, 15) is 4.79 Å². The molecule has 1 aromatic rings. The van der Waals surface area contributed by atoms with Crippen LogP contribution in [-0.4, -0.2) is 33.7 Å². The summed E-state index contributed by atoms with van der Waals surface area (Å²) in [5.41, 5.74) is 3.35. The maximum Gasteiger partial charge on any atom is 0.272 e. The summed E-state index contributed by atoms with van der Waals surface area (Å²) in [7, 11) is 0. The zero-order valence-corrected chi connectivity index (χ0v) is 13.0. The molecule has 0 bridgehead atoms. The average Bonchev–Trinajstić information content (AvgIpc) is 3.02. The van der Waals surface area contributed by atoms with E-state index in [2.05, 4.69) is 16.5 Å². The molecule has 4 heteroatoms. The van der Waals surface area contributed by atoms with Gasteiger partial charge in [0, 0.05) is 18.7 Å². The number of fused-ring (bicyclic) bond motifs is 1. The van der Waals surface area contributed by atoms with Crippen molar-refractivity contribution < 1.29 is 4.79 Å². The number of carbonyl (C=O) groups excluding carboxylic acids is 1. The van der Waals surface area contributed by atoms with E-state index < -0.39 is 0 Å². The first-order chi connectivity index (χ1) is 10.3. The van der Waals surface area contributed by atoms with E-state index >= 15 is 0 Å². The summed E-state index contributed by atoms with van der Waals surface area (Å²) in [6, 6.07) is 0.462. The molecule has 0 unspecified atom stereocenters. The van der Waals surface area contributed by atoms with Crippen molar-refractivity contribution in [3.8, 4) is 0 Å². The third-order valence-corrected chi connectivity index (χ3v) is 5.39. The van der Waals surface area contributed by atoms with Crippen molar-refractivity contribution in [3.05, 3.63) is 17.0 Å². The molecule has 4 rings (SSSR count). The van der Waals surface area contributed by atoms with Crippen molar-refractivity contribution in [1.29, 1.82) is 0 Å². The molecule has 0 spiro atoms. The Morgan fingerprint density at radius 2 is 1.95 bits per heavy atom. The Morgan fingerprint density at radius 1 is 1.19 bits per heavy atom. The fraction of sp³-hybridized carbons (Fsp3) is 0.765. The van der Waals surface area contributed by atoms with E-state index in [1.165, 1.54) is 44.1 Å². The molecular formula is C17H25N3O. The minimum absolute atomic E-state index is 0.252. The maximum absolute atomic E-state index is 13.0. The zero-order chi connectivity index (χ0) is 14.4. The van der Waals surface area contributed by atoms with Gasteiger partial charge in [-0.2, -0.15) is 5.10 Å². The lowest BCUT2D eigenvalue weighted by Crippen LogP contribution is -2.40. The van der Waals surface area contributed by atoms with Crippen molar-refractivity contribution in [3.63, 3.8) is 0 Å². The Balaban J connectivity index is 1.69. The van der Waals surface area contributed by atoms with Gasteiger partial charge in [0.15, 0.2) is 0 Å². The van der Waals surface area contributed by atoms with Crippen LogP contribution in [0.25, 0.3) is 0 Å². The normalized spacial score (nSPS) is 22.9. The fourth-order valence-corrected chi connectivity index (χ4v) is 3.99. The van der Waals surface area contributed by atoms with E-state index in [0.29, 0.717) is 6.04 Å². The highest BCUT2D eigenvalue weighted by molar-refractivity contribution is 5.95. The van der Waals surface area contributed by atoms with E-state index in [4.69, 9.17) is 5.10 Å². The first-order valence-electron chi connectivity index (χ1n) is 8.67. The Hall–Kier alpha value is -1.32. The van der Waals surface area contributed by atoms with Crippen molar-refractivity contribution >= 4 is 5.91 Å². The highest BCUT2D eigenvalue weighted by Crippen LogP contribution is 2.35. The molecule has 1 amide bonds. The highest BCUT2D eigenvalue weighted by Gasteiger charge is 2.36. The van der Waals surface area contributed by atoms with Crippen LogP contribution in [0.2, 0.25) is 0 Å². The number of amides is 1. The second-order valence-electron chi connectivity index (χ2n) is 6.95. The summed E-state index contributed by atoms with van der Waals surface area (Å²) in [6.45, 7) is 4.02. The molecule has 0 N–H and O–H groups in total. The van der Waals surface area contributed by atoms with Crippen LogP contribution in [0.5, 0.6) is 0 Å². The van der Waals surface area contributed by atoms with Gasteiger partial charge in [-0.25, -0.2) is 0 Å². The van der Waals surface area contributed by atoms with Crippen LogP contribution in [0, 0.1) is 5.92 Å². The number of rotatable bonds is 4. The fourth-order valence-electron chi connectivity index (χ4n) is 3.99. The van der Waals surface area contributed by atoms with Gasteiger partial charge >= 0.3 is 0 Å². The summed E-state index contributed by atoms with van der Waals surface area (Å²) < 4.78 is 2.11. The third-order valence-electron chi connectivity index (χ3n) is 5.39. The lowest BCUT2D eigenvalue weighted by atomic mass is 10.0. The quantitative estimate of drug-likeness (QED) is 0.854. The van der Waals surface area contributed by atoms with E-state index in [1.807, 2.05) is 0 Å². The molecule has 0 atom stereocenters. The van der Waals surface area contributed by atoms with Gasteiger partial charge in [-0.15, -0.1) is 0 Å². The topological polar surface area (TPSA) is 38.1 Å². The molecule has 2 heterocycles. The predicted molar refractivity (Wildman–Crippen MR) is 81.4 cm³/mol. The van der Waals surface area contributed by atoms with Gasteiger partial charge in [0.1, 0.15) is 5.69 Å². The first-order valence-corrected chi connectivity index (χ1v) is 8.67. The van der Waals surface area contributed by atoms with Crippen molar-refractivity contribution in [2.45, 2.75) is 64.3 Å². The summed E-state index contributed by atoms with van der Waals surface area (Å²) in [5, 5.41) is 4.84. The number of carbonyl (C=O) groups is 1. The average molecular weight is 287 g/mol. The molecule has 1 aliphatic heterocycles. The van der Waals surface area contributed by atoms with Crippen molar-refractivity contribution in [1.82, 2.24) is 14.7 Å².